The molecule has 4 heteroatoms. The van der Waals surface area contributed by atoms with Gasteiger partial charge in [-0.2, -0.15) is 0 Å². The predicted molar refractivity (Wildman–Crippen MR) is 80.6 cm³/mol. The molecule has 0 spiro atoms. The van der Waals surface area contributed by atoms with Crippen LogP contribution in [-0.2, 0) is 14.0 Å². The maximum atomic E-state index is 10.9. The molecule has 0 aromatic rings. The quantitative estimate of drug-likeness (QED) is 0.402. The van der Waals surface area contributed by atoms with Gasteiger partial charge in [-0.1, -0.05) is 27.2 Å². The van der Waals surface area contributed by atoms with Gasteiger partial charge in [0, 0.05) is 12.7 Å². The van der Waals surface area contributed by atoms with Gasteiger partial charge in [-0.3, -0.25) is 0 Å². The van der Waals surface area contributed by atoms with E-state index < -0.39 is 8.32 Å². The van der Waals surface area contributed by atoms with E-state index in [1.807, 2.05) is 6.08 Å². The van der Waals surface area contributed by atoms with Crippen LogP contribution >= 0.6 is 0 Å². The molecule has 0 aromatic carbocycles. The Bertz CT molecular complexity index is 329. The van der Waals surface area contributed by atoms with Crippen molar-refractivity contribution in [3.8, 4) is 0 Å². The van der Waals surface area contributed by atoms with Gasteiger partial charge in [0.15, 0.2) is 8.32 Å². The molecule has 1 rings (SSSR count). The molecule has 19 heavy (non-hydrogen) atoms. The maximum absolute atomic E-state index is 10.9. The lowest BCUT2D eigenvalue weighted by atomic mass is 10.1. The molecule has 1 heterocycles. The maximum Gasteiger partial charge on any atom is 0.331 e. The van der Waals surface area contributed by atoms with E-state index in [4.69, 9.17) is 9.16 Å². The van der Waals surface area contributed by atoms with Crippen molar-refractivity contribution in [1.82, 2.24) is 0 Å². The lowest BCUT2D eigenvalue weighted by molar-refractivity contribution is -0.138. The van der Waals surface area contributed by atoms with Crippen LogP contribution in [-0.4, -0.2) is 27.0 Å². The van der Waals surface area contributed by atoms with Gasteiger partial charge in [0.2, 0.25) is 0 Å². The SMILES string of the molecule is CC(C)(C)[Si](C)(C)OCCCCCC1C=CC(=O)O1. The van der Waals surface area contributed by atoms with Gasteiger partial charge >= 0.3 is 5.97 Å². The number of hydrogen-bond donors (Lipinski definition) is 0. The number of unbranched alkanes of at least 4 members (excludes halogenated alkanes) is 2. The van der Waals surface area contributed by atoms with Crippen LogP contribution in [0.3, 0.4) is 0 Å². The van der Waals surface area contributed by atoms with Crippen molar-refractivity contribution < 1.29 is 14.0 Å². The zero-order valence-electron chi connectivity index (χ0n) is 13.0. The number of ether oxygens (including phenoxy) is 1. The van der Waals surface area contributed by atoms with Crippen LogP contribution in [0.4, 0.5) is 0 Å². The Balaban J connectivity index is 2.06. The third-order valence-electron chi connectivity index (χ3n) is 4.12. The fourth-order valence-corrected chi connectivity index (χ4v) is 2.82. The lowest BCUT2D eigenvalue weighted by Gasteiger charge is -2.36. The molecule has 0 radical (unpaired) electrons. The highest BCUT2D eigenvalue weighted by molar-refractivity contribution is 6.74. The smallest absolute Gasteiger partial charge is 0.331 e. The molecule has 0 aromatic heterocycles. The van der Waals surface area contributed by atoms with Crippen LogP contribution < -0.4 is 0 Å². The van der Waals surface area contributed by atoms with Crippen LogP contribution in [0, 0.1) is 0 Å². The third kappa shape index (κ3) is 5.49. The number of esters is 1. The molecule has 1 unspecified atom stereocenters. The average Bonchev–Trinajstić information content (AvgIpc) is 2.67. The topological polar surface area (TPSA) is 35.5 Å². The highest BCUT2D eigenvalue weighted by atomic mass is 28.4. The Morgan fingerprint density at radius 1 is 1.26 bits per heavy atom. The number of hydrogen-bond acceptors (Lipinski definition) is 3. The molecule has 0 saturated heterocycles. The molecular weight excluding hydrogens is 256 g/mol. The fraction of sp³-hybridized carbons (Fsp3) is 0.800. The molecule has 0 fully saturated rings. The van der Waals surface area contributed by atoms with Crippen molar-refractivity contribution in [3.63, 3.8) is 0 Å². The van der Waals surface area contributed by atoms with E-state index >= 15 is 0 Å². The largest absolute Gasteiger partial charge is 0.455 e. The van der Waals surface area contributed by atoms with Crippen LogP contribution in [0.15, 0.2) is 12.2 Å². The van der Waals surface area contributed by atoms with Gasteiger partial charge in [-0.15, -0.1) is 0 Å². The minimum absolute atomic E-state index is 0.00816. The minimum Gasteiger partial charge on any atom is -0.455 e. The van der Waals surface area contributed by atoms with Gasteiger partial charge in [0.05, 0.1) is 0 Å². The number of carbonyl (C=O) groups excluding carboxylic acids is 1. The third-order valence-corrected chi connectivity index (χ3v) is 8.65. The average molecular weight is 284 g/mol. The molecule has 3 nitrogen and oxygen atoms in total. The molecule has 1 atom stereocenters. The zero-order valence-corrected chi connectivity index (χ0v) is 14.0. The molecule has 0 aliphatic carbocycles. The Labute approximate surface area is 118 Å². The van der Waals surface area contributed by atoms with E-state index in [0.717, 1.165) is 32.3 Å². The zero-order chi connectivity index (χ0) is 14.5. The highest BCUT2D eigenvalue weighted by Crippen LogP contribution is 2.36. The summed E-state index contributed by atoms with van der Waals surface area (Å²) < 4.78 is 11.2. The van der Waals surface area contributed by atoms with Crippen molar-refractivity contribution in [1.29, 1.82) is 0 Å². The summed E-state index contributed by atoms with van der Waals surface area (Å²) in [5, 5.41) is 0.288. The van der Waals surface area contributed by atoms with Gasteiger partial charge in [-0.05, 0) is 43.5 Å². The Hall–Kier alpha value is -0.613. The number of cyclic esters (lactones) is 1. The Morgan fingerprint density at radius 2 is 1.95 bits per heavy atom. The van der Waals surface area contributed by atoms with Crippen molar-refractivity contribution in [2.24, 2.45) is 0 Å². The van der Waals surface area contributed by atoms with Gasteiger partial charge in [-0.25, -0.2) is 4.79 Å². The van der Waals surface area contributed by atoms with Gasteiger partial charge < -0.3 is 9.16 Å². The number of rotatable bonds is 7. The fourth-order valence-electron chi connectivity index (χ4n) is 1.74. The molecule has 0 N–H and O–H groups in total. The molecular formula is C15H28O3Si. The van der Waals surface area contributed by atoms with E-state index in [1.54, 1.807) is 0 Å². The summed E-state index contributed by atoms with van der Waals surface area (Å²) in [6.45, 7) is 12.2. The van der Waals surface area contributed by atoms with Crippen LogP contribution in [0.5, 0.6) is 0 Å². The van der Waals surface area contributed by atoms with Crippen molar-refractivity contribution in [2.45, 2.75) is 70.7 Å². The summed E-state index contributed by atoms with van der Waals surface area (Å²) >= 11 is 0. The minimum atomic E-state index is -1.58. The first-order valence-electron chi connectivity index (χ1n) is 7.25. The first-order valence-corrected chi connectivity index (χ1v) is 10.2. The van der Waals surface area contributed by atoms with Crippen LogP contribution in [0.1, 0.15) is 46.5 Å². The molecule has 0 saturated carbocycles. The molecule has 1 aliphatic heterocycles. The summed E-state index contributed by atoms with van der Waals surface area (Å²) in [5.74, 6) is -0.203. The second-order valence-electron chi connectivity index (χ2n) is 6.79. The van der Waals surface area contributed by atoms with Crippen LogP contribution in [0.2, 0.25) is 18.1 Å². The first-order chi connectivity index (χ1) is 8.72. The monoisotopic (exact) mass is 284 g/mol. The summed E-state index contributed by atoms with van der Waals surface area (Å²) in [6.07, 6.45) is 7.63. The summed E-state index contributed by atoms with van der Waals surface area (Å²) in [6, 6.07) is 0. The second kappa shape index (κ2) is 6.71. The van der Waals surface area contributed by atoms with E-state index in [-0.39, 0.29) is 17.1 Å². The second-order valence-corrected chi connectivity index (χ2v) is 11.6. The Morgan fingerprint density at radius 3 is 2.47 bits per heavy atom. The predicted octanol–water partition coefficient (Wildman–Crippen LogP) is 4.05. The van der Waals surface area contributed by atoms with Crippen molar-refractivity contribution >= 4 is 14.3 Å². The standard InChI is InChI=1S/C15H28O3Si/c1-15(2,3)19(4,5)17-12-8-6-7-9-13-10-11-14(16)18-13/h10-11,13H,6-9,12H2,1-5H3. The van der Waals surface area contributed by atoms with Gasteiger partial charge in [0.1, 0.15) is 6.10 Å². The highest BCUT2D eigenvalue weighted by Gasteiger charge is 2.36. The normalized spacial score (nSPS) is 19.8. The van der Waals surface area contributed by atoms with Crippen LogP contribution in [0.25, 0.3) is 0 Å². The van der Waals surface area contributed by atoms with E-state index in [0.29, 0.717) is 0 Å². The molecule has 1 aliphatic rings. The summed E-state index contributed by atoms with van der Waals surface area (Å²) in [4.78, 5) is 10.9. The van der Waals surface area contributed by atoms with Crippen molar-refractivity contribution in [3.05, 3.63) is 12.2 Å². The molecule has 0 bridgehead atoms. The van der Waals surface area contributed by atoms with E-state index in [2.05, 4.69) is 33.9 Å². The first kappa shape index (κ1) is 16.4. The number of carbonyl (C=O) groups is 1. The lowest BCUT2D eigenvalue weighted by Crippen LogP contribution is -2.40. The summed E-state index contributed by atoms with van der Waals surface area (Å²) in [7, 11) is -1.58. The van der Waals surface area contributed by atoms with E-state index in [1.165, 1.54) is 6.08 Å². The Kier molecular flexibility index (Phi) is 5.80. The molecule has 110 valence electrons. The van der Waals surface area contributed by atoms with Crippen molar-refractivity contribution in [2.75, 3.05) is 6.61 Å². The van der Waals surface area contributed by atoms with E-state index in [9.17, 15) is 4.79 Å². The molecule has 0 amide bonds. The van der Waals surface area contributed by atoms with Gasteiger partial charge in [0.25, 0.3) is 0 Å². The summed E-state index contributed by atoms with van der Waals surface area (Å²) in [5.41, 5.74) is 0.